The van der Waals surface area contributed by atoms with Crippen molar-refractivity contribution in [2.75, 3.05) is 5.75 Å². The van der Waals surface area contributed by atoms with Crippen molar-refractivity contribution in [1.29, 1.82) is 0 Å². The monoisotopic (exact) mass is 467 g/mol. The second-order valence-electron chi connectivity index (χ2n) is 6.83. The number of rotatable bonds is 4. The van der Waals surface area contributed by atoms with E-state index in [1.54, 1.807) is 6.07 Å². The Kier molecular flexibility index (Phi) is 5.28. The van der Waals surface area contributed by atoms with Gasteiger partial charge in [-0.25, -0.2) is 14.1 Å². The molecule has 1 unspecified atom stereocenters. The van der Waals surface area contributed by atoms with Gasteiger partial charge in [-0.1, -0.05) is 0 Å². The maximum atomic E-state index is 14.6. The van der Waals surface area contributed by atoms with Crippen LogP contribution in [0.1, 0.15) is 5.56 Å². The average molecular weight is 467 g/mol. The summed E-state index contributed by atoms with van der Waals surface area (Å²) in [6.07, 6.45) is 0.0679. The van der Waals surface area contributed by atoms with Gasteiger partial charge in [0.1, 0.15) is 29.0 Å². The average Bonchev–Trinajstić information content (AvgIpc) is 3.13. The van der Waals surface area contributed by atoms with Gasteiger partial charge in [0.2, 0.25) is 6.20 Å². The quantitative estimate of drug-likeness (QED) is 0.261. The molecule has 3 heterocycles. The molecular weight excluding hydrogens is 454 g/mol. The highest BCUT2D eigenvalue weighted by atomic mass is 32.2. The van der Waals surface area contributed by atoms with Crippen molar-refractivity contribution in [2.24, 2.45) is 0 Å². The number of nitrogens with zero attached hydrogens (tertiary/aromatic N) is 5. The summed E-state index contributed by atoms with van der Waals surface area (Å²) < 4.78 is 67.4. The molecule has 3 aromatic heterocycles. The molecule has 13 heteroatoms. The van der Waals surface area contributed by atoms with Crippen LogP contribution in [-0.2, 0) is 10.8 Å². The van der Waals surface area contributed by atoms with Crippen LogP contribution in [0.15, 0.2) is 58.9 Å². The molecule has 32 heavy (non-hydrogen) atoms. The van der Waals surface area contributed by atoms with Crippen LogP contribution in [0.2, 0.25) is 0 Å². The fraction of sp³-hybridized carbons (Fsp3) is 0.158. The summed E-state index contributed by atoms with van der Waals surface area (Å²) in [6.45, 7) is 1.33. The Morgan fingerprint density at radius 2 is 2.03 bits per heavy atom. The Balaban J connectivity index is 1.83. The number of alkyl halides is 3. The SMILES string of the molecule is Cc1cc(F)c(-n2cnc3nn(-c4ccc[n+]([O-])c4)cc3c2=O)cc1S(=O)CC(F)(F)F. The van der Waals surface area contributed by atoms with Crippen LogP contribution in [0.4, 0.5) is 17.6 Å². The molecule has 0 radical (unpaired) electrons. The molecule has 0 amide bonds. The van der Waals surface area contributed by atoms with E-state index in [1.807, 2.05) is 0 Å². The minimum absolute atomic E-state index is 0.0148. The fourth-order valence-electron chi connectivity index (χ4n) is 3.09. The van der Waals surface area contributed by atoms with Gasteiger partial charge in [-0.2, -0.15) is 17.9 Å². The Hall–Kier alpha value is -3.61. The van der Waals surface area contributed by atoms with Crippen LogP contribution < -0.4 is 10.3 Å². The summed E-state index contributed by atoms with van der Waals surface area (Å²) in [5, 5.41) is 15.6. The van der Waals surface area contributed by atoms with E-state index in [-0.39, 0.29) is 21.5 Å². The van der Waals surface area contributed by atoms with Crippen LogP contribution in [-0.4, -0.2) is 35.5 Å². The third kappa shape index (κ3) is 4.10. The van der Waals surface area contributed by atoms with E-state index in [1.165, 1.54) is 36.3 Å². The first-order valence-electron chi connectivity index (χ1n) is 8.95. The van der Waals surface area contributed by atoms with E-state index in [0.29, 0.717) is 10.4 Å². The molecule has 0 saturated carbocycles. The normalized spacial score (nSPS) is 12.9. The lowest BCUT2D eigenvalue weighted by molar-refractivity contribution is -0.605. The van der Waals surface area contributed by atoms with Crippen LogP contribution in [0.3, 0.4) is 0 Å². The second kappa shape index (κ2) is 7.82. The molecule has 166 valence electrons. The van der Waals surface area contributed by atoms with Gasteiger partial charge in [0.15, 0.2) is 11.8 Å². The molecule has 4 aromatic rings. The number of fused-ring (bicyclic) bond motifs is 1. The second-order valence-corrected chi connectivity index (χ2v) is 8.25. The predicted octanol–water partition coefficient (Wildman–Crippen LogP) is 2.32. The van der Waals surface area contributed by atoms with Crippen molar-refractivity contribution in [3.05, 3.63) is 76.1 Å². The summed E-state index contributed by atoms with van der Waals surface area (Å²) in [6, 6.07) is 4.91. The van der Waals surface area contributed by atoms with Crippen molar-refractivity contribution in [1.82, 2.24) is 19.3 Å². The molecule has 4 rings (SSSR count). The fourth-order valence-corrected chi connectivity index (χ4v) is 4.20. The lowest BCUT2D eigenvalue weighted by atomic mass is 10.2. The summed E-state index contributed by atoms with van der Waals surface area (Å²) in [5.41, 5.74) is -0.731. The van der Waals surface area contributed by atoms with E-state index in [2.05, 4.69) is 10.1 Å². The number of hydrogen-bond acceptors (Lipinski definition) is 5. The molecule has 1 atom stereocenters. The highest BCUT2D eigenvalue weighted by molar-refractivity contribution is 7.85. The molecule has 0 fully saturated rings. The zero-order chi connectivity index (χ0) is 23.2. The van der Waals surface area contributed by atoms with E-state index < -0.39 is 39.8 Å². The van der Waals surface area contributed by atoms with Crippen molar-refractivity contribution in [3.63, 3.8) is 0 Å². The van der Waals surface area contributed by atoms with Crippen LogP contribution in [0.25, 0.3) is 22.4 Å². The van der Waals surface area contributed by atoms with Gasteiger partial charge < -0.3 is 5.21 Å². The number of aryl methyl sites for hydroxylation is 1. The van der Waals surface area contributed by atoms with Crippen molar-refractivity contribution in [3.8, 4) is 11.4 Å². The first kappa shape index (κ1) is 21.6. The highest BCUT2D eigenvalue weighted by Crippen LogP contribution is 2.25. The van der Waals surface area contributed by atoms with Gasteiger partial charge in [0, 0.05) is 17.2 Å². The Morgan fingerprint density at radius 1 is 1.28 bits per heavy atom. The van der Waals surface area contributed by atoms with Crippen LogP contribution >= 0.6 is 0 Å². The molecule has 8 nitrogen and oxygen atoms in total. The van der Waals surface area contributed by atoms with Crippen molar-refractivity contribution >= 4 is 21.8 Å². The molecule has 1 aromatic carbocycles. The summed E-state index contributed by atoms with van der Waals surface area (Å²) in [4.78, 5) is 16.7. The standard InChI is InChI=1S/C19H13F4N5O3S/c1-11-5-14(20)15(6-16(11)32(31)9-19(21,22)23)27-10-24-17-13(18(27)29)8-28(25-17)12-3-2-4-26(30)7-12/h2-8,10H,9H2,1H3. The molecule has 0 bridgehead atoms. The van der Waals surface area contributed by atoms with E-state index in [4.69, 9.17) is 0 Å². The lowest BCUT2D eigenvalue weighted by Gasteiger charge is -2.12. The zero-order valence-corrected chi connectivity index (χ0v) is 17.0. The maximum absolute atomic E-state index is 14.6. The summed E-state index contributed by atoms with van der Waals surface area (Å²) in [7, 11) is -2.49. The number of aromatic nitrogens is 5. The first-order chi connectivity index (χ1) is 15.0. The number of benzene rings is 1. The van der Waals surface area contributed by atoms with Gasteiger partial charge in [-0.3, -0.25) is 13.6 Å². The molecule has 0 aliphatic heterocycles. The smallest absolute Gasteiger partial charge is 0.400 e. The molecule has 0 N–H and O–H groups in total. The summed E-state index contributed by atoms with van der Waals surface area (Å²) in [5.74, 6) is -2.50. The van der Waals surface area contributed by atoms with Crippen molar-refractivity contribution in [2.45, 2.75) is 18.0 Å². The molecule has 0 aliphatic rings. The Labute approximate surface area is 179 Å². The van der Waals surface area contributed by atoms with Crippen LogP contribution in [0.5, 0.6) is 0 Å². The van der Waals surface area contributed by atoms with Crippen LogP contribution in [0, 0.1) is 17.9 Å². The topological polar surface area (TPSA) is 96.7 Å². The first-order valence-corrected chi connectivity index (χ1v) is 10.3. The highest BCUT2D eigenvalue weighted by Gasteiger charge is 2.32. The number of halogens is 4. The lowest BCUT2D eigenvalue weighted by Crippen LogP contribution is -2.25. The minimum atomic E-state index is -4.68. The molecular formula is C19H13F4N5O3S. The van der Waals surface area contributed by atoms with E-state index >= 15 is 0 Å². The molecule has 0 aliphatic carbocycles. The number of pyridine rings is 1. The third-order valence-corrected chi connectivity index (χ3v) is 6.03. The minimum Gasteiger partial charge on any atom is -0.619 e. The van der Waals surface area contributed by atoms with Gasteiger partial charge in [-0.05, 0) is 30.7 Å². The van der Waals surface area contributed by atoms with E-state index in [0.717, 1.165) is 23.0 Å². The van der Waals surface area contributed by atoms with Gasteiger partial charge in [0.25, 0.3) is 5.56 Å². The number of hydrogen-bond donors (Lipinski definition) is 0. The maximum Gasteiger partial charge on any atom is 0.400 e. The molecule has 0 saturated heterocycles. The Bertz CT molecular complexity index is 1430. The van der Waals surface area contributed by atoms with Crippen molar-refractivity contribution < 1.29 is 26.5 Å². The largest absolute Gasteiger partial charge is 0.619 e. The van der Waals surface area contributed by atoms with E-state index in [9.17, 15) is 31.8 Å². The zero-order valence-electron chi connectivity index (χ0n) is 16.2. The van der Waals surface area contributed by atoms with Gasteiger partial charge in [-0.15, -0.1) is 5.10 Å². The van der Waals surface area contributed by atoms with Gasteiger partial charge in [0.05, 0.1) is 16.5 Å². The predicted molar refractivity (Wildman–Crippen MR) is 105 cm³/mol. The van der Waals surface area contributed by atoms with Gasteiger partial charge >= 0.3 is 6.18 Å². The summed E-state index contributed by atoms with van der Waals surface area (Å²) >= 11 is 0. The third-order valence-electron chi connectivity index (χ3n) is 4.51. The Morgan fingerprint density at radius 3 is 2.72 bits per heavy atom. The molecule has 0 spiro atoms.